The van der Waals surface area contributed by atoms with Crippen LogP contribution in [0.2, 0.25) is 0 Å². The van der Waals surface area contributed by atoms with E-state index in [2.05, 4.69) is 5.32 Å². The third-order valence-corrected chi connectivity index (χ3v) is 2.30. The average Bonchev–Trinajstić information content (AvgIpc) is 2.34. The summed E-state index contributed by atoms with van der Waals surface area (Å²) in [6, 6.07) is 6.75. The van der Waals surface area contributed by atoms with Crippen LogP contribution in [-0.2, 0) is 9.59 Å². The van der Waals surface area contributed by atoms with Crippen molar-refractivity contribution in [3.8, 4) is 5.75 Å². The van der Waals surface area contributed by atoms with Gasteiger partial charge in [0, 0.05) is 24.1 Å². The van der Waals surface area contributed by atoms with Crippen LogP contribution in [0, 0.1) is 0 Å². The molecule has 5 nitrogen and oxygen atoms in total. The van der Waals surface area contributed by atoms with E-state index in [9.17, 15) is 9.59 Å². The first kappa shape index (κ1) is 14.3. The van der Waals surface area contributed by atoms with E-state index in [1.807, 2.05) is 0 Å². The highest BCUT2D eigenvalue weighted by Crippen LogP contribution is 2.17. The summed E-state index contributed by atoms with van der Waals surface area (Å²) in [4.78, 5) is 22.0. The van der Waals surface area contributed by atoms with E-state index in [0.29, 0.717) is 30.2 Å². The van der Waals surface area contributed by atoms with Gasteiger partial charge >= 0.3 is 0 Å². The molecule has 0 unspecified atom stereocenters. The molecule has 0 bridgehead atoms. The van der Waals surface area contributed by atoms with Crippen LogP contribution in [0.5, 0.6) is 5.75 Å². The summed E-state index contributed by atoms with van der Waals surface area (Å²) in [5.41, 5.74) is 5.58. The highest BCUT2D eigenvalue weighted by atomic mass is 35.5. The quantitative estimate of drug-likeness (QED) is 0.737. The van der Waals surface area contributed by atoms with E-state index < -0.39 is 5.91 Å². The molecular weight excluding hydrogens is 256 g/mol. The molecule has 3 N–H and O–H groups in total. The van der Waals surface area contributed by atoms with Gasteiger partial charge in [-0.3, -0.25) is 9.59 Å². The smallest absolute Gasteiger partial charge is 0.255 e. The van der Waals surface area contributed by atoms with Crippen molar-refractivity contribution in [3.63, 3.8) is 0 Å². The molecule has 1 rings (SSSR count). The van der Waals surface area contributed by atoms with Crippen molar-refractivity contribution >= 4 is 29.1 Å². The van der Waals surface area contributed by atoms with Gasteiger partial charge in [-0.2, -0.15) is 0 Å². The molecule has 0 aromatic heterocycles. The lowest BCUT2D eigenvalue weighted by atomic mass is 10.2. The number of amides is 2. The van der Waals surface area contributed by atoms with Crippen LogP contribution >= 0.6 is 11.6 Å². The molecule has 0 saturated heterocycles. The lowest BCUT2D eigenvalue weighted by Crippen LogP contribution is -2.20. The molecule has 6 heteroatoms. The minimum Gasteiger partial charge on any atom is -0.484 e. The van der Waals surface area contributed by atoms with Crippen molar-refractivity contribution in [2.45, 2.75) is 12.8 Å². The summed E-state index contributed by atoms with van der Waals surface area (Å²) < 4.78 is 5.12. The van der Waals surface area contributed by atoms with Gasteiger partial charge in [0.25, 0.3) is 5.91 Å². The summed E-state index contributed by atoms with van der Waals surface area (Å²) in [5, 5.41) is 2.71. The lowest BCUT2D eigenvalue weighted by molar-refractivity contribution is -0.120. The number of nitrogens with two attached hydrogens (primary N) is 1. The molecule has 0 fully saturated rings. The van der Waals surface area contributed by atoms with Crippen molar-refractivity contribution in [3.05, 3.63) is 24.3 Å². The number of alkyl halides is 1. The maximum absolute atomic E-state index is 11.5. The first-order valence-corrected chi connectivity index (χ1v) is 6.02. The van der Waals surface area contributed by atoms with Crippen molar-refractivity contribution < 1.29 is 14.3 Å². The summed E-state index contributed by atoms with van der Waals surface area (Å²) in [7, 11) is 0. The van der Waals surface area contributed by atoms with Gasteiger partial charge < -0.3 is 15.8 Å². The van der Waals surface area contributed by atoms with Gasteiger partial charge in [-0.25, -0.2) is 0 Å². The van der Waals surface area contributed by atoms with Crippen LogP contribution < -0.4 is 15.8 Å². The molecule has 0 atom stereocenters. The van der Waals surface area contributed by atoms with Crippen molar-refractivity contribution in [1.82, 2.24) is 0 Å². The highest BCUT2D eigenvalue weighted by molar-refractivity contribution is 6.18. The second-order valence-corrected chi connectivity index (χ2v) is 4.00. The number of hydrogen-bond donors (Lipinski definition) is 2. The molecular formula is C12H15ClN2O3. The number of nitrogens with one attached hydrogen (secondary N) is 1. The van der Waals surface area contributed by atoms with Gasteiger partial charge in [0.1, 0.15) is 5.75 Å². The molecule has 0 spiro atoms. The Balaban J connectivity index is 2.53. The second-order valence-electron chi connectivity index (χ2n) is 3.62. The molecule has 0 aliphatic heterocycles. The van der Waals surface area contributed by atoms with Crippen LogP contribution in [0.25, 0.3) is 0 Å². The minimum absolute atomic E-state index is 0.109. The average molecular weight is 271 g/mol. The minimum atomic E-state index is -0.549. The molecule has 2 amide bonds. The summed E-state index contributed by atoms with van der Waals surface area (Å²) in [6.45, 7) is -0.191. The number of ether oxygens (including phenoxy) is 1. The van der Waals surface area contributed by atoms with Gasteiger partial charge in [0.15, 0.2) is 6.61 Å². The zero-order chi connectivity index (χ0) is 13.4. The molecule has 0 saturated carbocycles. The Morgan fingerprint density at radius 1 is 1.39 bits per heavy atom. The van der Waals surface area contributed by atoms with E-state index in [1.165, 1.54) is 0 Å². The van der Waals surface area contributed by atoms with Crippen LogP contribution in [0.1, 0.15) is 12.8 Å². The number of hydrogen-bond acceptors (Lipinski definition) is 3. The molecule has 0 radical (unpaired) electrons. The topological polar surface area (TPSA) is 81.4 Å². The van der Waals surface area contributed by atoms with Gasteiger partial charge in [0.2, 0.25) is 5.91 Å². The Hall–Kier alpha value is -1.75. The van der Waals surface area contributed by atoms with Gasteiger partial charge in [0.05, 0.1) is 0 Å². The fraction of sp³-hybridized carbons (Fsp3) is 0.333. The van der Waals surface area contributed by atoms with E-state index >= 15 is 0 Å². The number of halogens is 1. The second kappa shape index (κ2) is 7.55. The third kappa shape index (κ3) is 5.54. The fourth-order valence-electron chi connectivity index (χ4n) is 1.27. The highest BCUT2D eigenvalue weighted by Gasteiger charge is 2.03. The standard InChI is InChI=1S/C12H15ClN2O3/c13-6-2-5-12(17)15-9-3-1-4-10(7-9)18-8-11(14)16/h1,3-4,7H,2,5-6,8H2,(H2,14,16)(H,15,17). The molecule has 18 heavy (non-hydrogen) atoms. The molecule has 0 aliphatic carbocycles. The Bertz CT molecular complexity index is 424. The number of carbonyl (C=O) groups is 2. The predicted molar refractivity (Wildman–Crippen MR) is 69.7 cm³/mol. The zero-order valence-electron chi connectivity index (χ0n) is 9.82. The van der Waals surface area contributed by atoms with E-state index in [-0.39, 0.29) is 12.5 Å². The zero-order valence-corrected chi connectivity index (χ0v) is 10.6. The Morgan fingerprint density at radius 3 is 2.83 bits per heavy atom. The molecule has 0 heterocycles. The molecule has 98 valence electrons. The largest absolute Gasteiger partial charge is 0.484 e. The number of anilines is 1. The van der Waals surface area contributed by atoms with Crippen LogP contribution in [0.4, 0.5) is 5.69 Å². The number of primary amides is 1. The van der Waals surface area contributed by atoms with Crippen LogP contribution in [0.3, 0.4) is 0 Å². The van der Waals surface area contributed by atoms with Gasteiger partial charge in [-0.1, -0.05) is 6.07 Å². The monoisotopic (exact) mass is 270 g/mol. The normalized spacial score (nSPS) is 9.83. The van der Waals surface area contributed by atoms with E-state index in [4.69, 9.17) is 22.1 Å². The Labute approximate surface area is 110 Å². The maximum Gasteiger partial charge on any atom is 0.255 e. The fourth-order valence-corrected chi connectivity index (χ4v) is 1.40. The number of rotatable bonds is 7. The van der Waals surface area contributed by atoms with Crippen molar-refractivity contribution in [2.75, 3.05) is 17.8 Å². The van der Waals surface area contributed by atoms with Crippen molar-refractivity contribution in [2.24, 2.45) is 5.73 Å². The SMILES string of the molecule is NC(=O)COc1cccc(NC(=O)CCCCl)c1. The van der Waals surface area contributed by atoms with Gasteiger partial charge in [-0.05, 0) is 18.6 Å². The molecule has 1 aromatic rings. The number of benzene rings is 1. The summed E-state index contributed by atoms with van der Waals surface area (Å²) in [6.07, 6.45) is 1.00. The predicted octanol–water partition coefficient (Wildman–Crippen LogP) is 1.51. The van der Waals surface area contributed by atoms with E-state index in [1.54, 1.807) is 24.3 Å². The summed E-state index contributed by atoms with van der Waals surface area (Å²) >= 11 is 5.50. The first-order chi connectivity index (χ1) is 8.61. The molecule has 0 aliphatic rings. The summed E-state index contributed by atoms with van der Waals surface area (Å²) in [5.74, 6) is 0.271. The number of carbonyl (C=O) groups excluding carboxylic acids is 2. The molecule has 1 aromatic carbocycles. The maximum atomic E-state index is 11.5. The third-order valence-electron chi connectivity index (χ3n) is 2.04. The Kier molecular flexibility index (Phi) is 6.00. The van der Waals surface area contributed by atoms with E-state index in [0.717, 1.165) is 0 Å². The van der Waals surface area contributed by atoms with Crippen LogP contribution in [-0.4, -0.2) is 24.3 Å². The first-order valence-electron chi connectivity index (χ1n) is 5.49. The van der Waals surface area contributed by atoms with Gasteiger partial charge in [-0.15, -0.1) is 11.6 Å². The Morgan fingerprint density at radius 2 is 2.17 bits per heavy atom. The lowest BCUT2D eigenvalue weighted by Gasteiger charge is -2.07. The van der Waals surface area contributed by atoms with Crippen molar-refractivity contribution in [1.29, 1.82) is 0 Å². The van der Waals surface area contributed by atoms with Crippen LogP contribution in [0.15, 0.2) is 24.3 Å².